The predicted molar refractivity (Wildman–Crippen MR) is 72.1 cm³/mol. The first kappa shape index (κ1) is 14.1. The number of rotatable bonds is 3. The normalized spacial score (nSPS) is 15.5. The molecule has 0 unspecified atom stereocenters. The second-order valence-electron chi connectivity index (χ2n) is 4.64. The highest BCUT2D eigenvalue weighted by Crippen LogP contribution is 2.22. The number of carbonyl (C=O) groups excluding carboxylic acids is 1. The van der Waals surface area contributed by atoms with E-state index in [1.165, 1.54) is 13.3 Å². The number of aromatic nitrogens is 2. The summed E-state index contributed by atoms with van der Waals surface area (Å²) in [5.41, 5.74) is 0.360. The Morgan fingerprint density at radius 3 is 2.85 bits per heavy atom. The van der Waals surface area contributed by atoms with E-state index in [1.807, 2.05) is 0 Å². The van der Waals surface area contributed by atoms with Crippen LogP contribution >= 0.6 is 0 Å². The molecule has 1 saturated heterocycles. The lowest BCUT2D eigenvalue weighted by molar-refractivity contribution is 0.168. The van der Waals surface area contributed by atoms with Crippen molar-refractivity contribution in [2.75, 3.05) is 31.6 Å². The number of nitrogens with zero attached hydrogens (tertiary/aromatic N) is 4. The van der Waals surface area contributed by atoms with Crippen LogP contribution in [-0.4, -0.2) is 42.8 Å². The number of nitriles is 1. The molecule has 0 bridgehead atoms. The monoisotopic (exact) mass is 275 g/mol. The van der Waals surface area contributed by atoms with Gasteiger partial charge in [0.05, 0.1) is 7.11 Å². The molecule has 0 atom stereocenters. The average molecular weight is 275 g/mol. The Morgan fingerprint density at radius 2 is 2.20 bits per heavy atom. The first-order valence-corrected chi connectivity index (χ1v) is 6.52. The van der Waals surface area contributed by atoms with Crippen LogP contribution in [-0.2, 0) is 4.74 Å². The number of alkyl carbamates (subject to hydrolysis) is 1. The first-order chi connectivity index (χ1) is 9.74. The summed E-state index contributed by atoms with van der Waals surface area (Å²) in [7, 11) is 1.36. The van der Waals surface area contributed by atoms with Crippen LogP contribution in [0.4, 0.5) is 10.6 Å². The van der Waals surface area contributed by atoms with Gasteiger partial charge in [0, 0.05) is 32.0 Å². The van der Waals surface area contributed by atoms with E-state index in [-0.39, 0.29) is 0 Å². The Balaban J connectivity index is 1.88. The molecule has 1 aliphatic rings. The van der Waals surface area contributed by atoms with E-state index in [9.17, 15) is 4.79 Å². The molecule has 1 amide bonds. The molecule has 2 rings (SSSR count). The number of ether oxygens (including phenoxy) is 1. The maximum Gasteiger partial charge on any atom is 0.406 e. The minimum absolute atomic E-state index is 0.360. The number of carbonyl (C=O) groups is 1. The summed E-state index contributed by atoms with van der Waals surface area (Å²) in [6.07, 6.45) is 4.60. The molecular weight excluding hydrogens is 258 g/mol. The summed E-state index contributed by atoms with van der Waals surface area (Å²) in [6.45, 7) is 2.23. The molecule has 0 saturated carbocycles. The van der Waals surface area contributed by atoms with Crippen molar-refractivity contribution in [2.45, 2.75) is 12.8 Å². The lowest BCUT2D eigenvalue weighted by Crippen LogP contribution is -2.39. The molecule has 106 valence electrons. The molecule has 20 heavy (non-hydrogen) atoms. The van der Waals surface area contributed by atoms with Gasteiger partial charge in [0.2, 0.25) is 0 Å². The van der Waals surface area contributed by atoms with Gasteiger partial charge in [-0.05, 0) is 18.8 Å². The standard InChI is InChI=1S/C13H17N5O2/c1-20-13(19)17-9-10-2-6-18(7-3-10)12-11(8-14)15-4-5-16-12/h4-5,10H,2-3,6-7,9H2,1H3,(H,17,19). The molecular formula is C13H17N5O2. The van der Waals surface area contributed by atoms with E-state index in [2.05, 4.69) is 31.0 Å². The zero-order valence-corrected chi connectivity index (χ0v) is 11.4. The Kier molecular flexibility index (Phi) is 4.71. The fourth-order valence-electron chi connectivity index (χ4n) is 2.29. The SMILES string of the molecule is COC(=O)NCC1CCN(c2nccnc2C#N)CC1. The predicted octanol–water partition coefficient (Wildman–Crippen LogP) is 0.921. The van der Waals surface area contributed by atoms with E-state index in [4.69, 9.17) is 5.26 Å². The van der Waals surface area contributed by atoms with Gasteiger partial charge in [0.25, 0.3) is 0 Å². The number of methoxy groups -OCH3 is 1. The van der Waals surface area contributed by atoms with Crippen LogP contribution in [0.5, 0.6) is 0 Å². The Bertz CT molecular complexity index is 506. The molecule has 7 heteroatoms. The fraction of sp³-hybridized carbons (Fsp3) is 0.538. The van der Waals surface area contributed by atoms with Crippen LogP contribution in [0.1, 0.15) is 18.5 Å². The number of amides is 1. The van der Waals surface area contributed by atoms with E-state index < -0.39 is 6.09 Å². The van der Waals surface area contributed by atoms with E-state index >= 15 is 0 Å². The van der Waals surface area contributed by atoms with Crippen molar-refractivity contribution in [1.82, 2.24) is 15.3 Å². The molecule has 7 nitrogen and oxygen atoms in total. The molecule has 1 N–H and O–H groups in total. The third-order valence-electron chi connectivity index (χ3n) is 3.42. The number of anilines is 1. The highest BCUT2D eigenvalue weighted by atomic mass is 16.5. The van der Waals surface area contributed by atoms with Gasteiger partial charge in [-0.3, -0.25) is 0 Å². The van der Waals surface area contributed by atoms with E-state index in [1.54, 1.807) is 6.20 Å². The van der Waals surface area contributed by atoms with Gasteiger partial charge in [0.15, 0.2) is 11.5 Å². The third kappa shape index (κ3) is 3.35. The molecule has 0 aliphatic carbocycles. The topological polar surface area (TPSA) is 91.1 Å². The minimum Gasteiger partial charge on any atom is -0.453 e. The molecule has 2 heterocycles. The number of hydrogen-bond acceptors (Lipinski definition) is 6. The van der Waals surface area contributed by atoms with E-state index in [0.717, 1.165) is 25.9 Å². The molecule has 1 fully saturated rings. The van der Waals surface area contributed by atoms with E-state index in [0.29, 0.717) is 24.0 Å². The minimum atomic E-state index is -0.395. The van der Waals surface area contributed by atoms with Gasteiger partial charge in [-0.25, -0.2) is 14.8 Å². The van der Waals surface area contributed by atoms with Gasteiger partial charge < -0.3 is 15.0 Å². The van der Waals surface area contributed by atoms with Gasteiger partial charge in [-0.2, -0.15) is 5.26 Å². The maximum atomic E-state index is 11.0. The van der Waals surface area contributed by atoms with Gasteiger partial charge >= 0.3 is 6.09 Å². The summed E-state index contributed by atoms with van der Waals surface area (Å²) in [4.78, 5) is 21.4. The van der Waals surface area contributed by atoms with Crippen LogP contribution in [0.25, 0.3) is 0 Å². The average Bonchev–Trinajstić information content (AvgIpc) is 2.53. The van der Waals surface area contributed by atoms with Crippen LogP contribution in [0.3, 0.4) is 0 Å². The maximum absolute atomic E-state index is 11.0. The number of hydrogen-bond donors (Lipinski definition) is 1. The lowest BCUT2D eigenvalue weighted by atomic mass is 9.97. The molecule has 1 aromatic heterocycles. The summed E-state index contributed by atoms with van der Waals surface area (Å²) >= 11 is 0. The highest BCUT2D eigenvalue weighted by molar-refractivity contribution is 5.66. The highest BCUT2D eigenvalue weighted by Gasteiger charge is 2.22. The van der Waals surface area contributed by atoms with Crippen LogP contribution < -0.4 is 10.2 Å². The Morgan fingerprint density at radius 1 is 1.50 bits per heavy atom. The number of piperidine rings is 1. The summed E-state index contributed by atoms with van der Waals surface area (Å²) in [5, 5.41) is 11.8. The summed E-state index contributed by atoms with van der Waals surface area (Å²) < 4.78 is 4.55. The summed E-state index contributed by atoms with van der Waals surface area (Å²) in [5.74, 6) is 1.07. The second-order valence-corrected chi connectivity index (χ2v) is 4.64. The van der Waals surface area contributed by atoms with Gasteiger partial charge in [0.1, 0.15) is 6.07 Å². The van der Waals surface area contributed by atoms with Crippen molar-refractivity contribution in [3.8, 4) is 6.07 Å². The van der Waals surface area contributed by atoms with Crippen molar-refractivity contribution >= 4 is 11.9 Å². The third-order valence-corrected chi connectivity index (χ3v) is 3.42. The largest absolute Gasteiger partial charge is 0.453 e. The Labute approximate surface area is 117 Å². The summed E-state index contributed by atoms with van der Waals surface area (Å²) in [6, 6.07) is 2.06. The van der Waals surface area contributed by atoms with Crippen molar-refractivity contribution in [1.29, 1.82) is 5.26 Å². The molecule has 1 aromatic rings. The lowest BCUT2D eigenvalue weighted by Gasteiger charge is -2.32. The Hall–Kier alpha value is -2.36. The smallest absolute Gasteiger partial charge is 0.406 e. The molecule has 0 radical (unpaired) electrons. The zero-order valence-electron chi connectivity index (χ0n) is 11.4. The molecule has 0 aromatic carbocycles. The zero-order chi connectivity index (χ0) is 14.4. The van der Waals surface area contributed by atoms with Gasteiger partial charge in [-0.15, -0.1) is 0 Å². The molecule has 1 aliphatic heterocycles. The first-order valence-electron chi connectivity index (χ1n) is 6.52. The fourth-order valence-corrected chi connectivity index (χ4v) is 2.29. The van der Waals surface area contributed by atoms with Crippen LogP contribution in [0.15, 0.2) is 12.4 Å². The van der Waals surface area contributed by atoms with Gasteiger partial charge in [-0.1, -0.05) is 0 Å². The van der Waals surface area contributed by atoms with Crippen LogP contribution in [0, 0.1) is 17.2 Å². The van der Waals surface area contributed by atoms with Crippen LogP contribution in [0.2, 0.25) is 0 Å². The van der Waals surface area contributed by atoms with Crippen molar-refractivity contribution < 1.29 is 9.53 Å². The van der Waals surface area contributed by atoms with Crippen molar-refractivity contribution in [3.63, 3.8) is 0 Å². The second kappa shape index (κ2) is 6.70. The van der Waals surface area contributed by atoms with Crippen molar-refractivity contribution in [3.05, 3.63) is 18.1 Å². The number of nitrogens with one attached hydrogen (secondary N) is 1. The van der Waals surface area contributed by atoms with Crippen molar-refractivity contribution in [2.24, 2.45) is 5.92 Å². The molecule has 0 spiro atoms. The quantitative estimate of drug-likeness (QED) is 0.882.